The summed E-state index contributed by atoms with van der Waals surface area (Å²) in [5.74, 6) is 0.674. The van der Waals surface area contributed by atoms with Crippen LogP contribution >= 0.6 is 11.6 Å². The summed E-state index contributed by atoms with van der Waals surface area (Å²) in [6.07, 6.45) is 1.08. The van der Waals surface area contributed by atoms with Gasteiger partial charge in [-0.05, 0) is 24.5 Å². The third-order valence-electron chi connectivity index (χ3n) is 2.21. The van der Waals surface area contributed by atoms with E-state index < -0.39 is 0 Å². The summed E-state index contributed by atoms with van der Waals surface area (Å²) >= 11 is 5.80. The summed E-state index contributed by atoms with van der Waals surface area (Å²) in [4.78, 5) is 0. The number of nitrogen functional groups attached to an aromatic ring is 1. The zero-order valence-electron chi connectivity index (χ0n) is 9.29. The van der Waals surface area contributed by atoms with Gasteiger partial charge in [0.05, 0.1) is 6.61 Å². The molecule has 0 aliphatic rings. The highest BCUT2D eigenvalue weighted by atomic mass is 35.5. The Morgan fingerprint density at radius 2 is 2.13 bits per heavy atom. The topological polar surface area (TPSA) is 35.2 Å². The molecule has 2 N–H and O–H groups in total. The quantitative estimate of drug-likeness (QED) is 0.618. The van der Waals surface area contributed by atoms with E-state index in [1.54, 1.807) is 6.07 Å². The fourth-order valence-electron chi connectivity index (χ4n) is 1.20. The molecule has 0 fully saturated rings. The lowest BCUT2D eigenvalue weighted by Crippen LogP contribution is -2.01. The zero-order valence-corrected chi connectivity index (χ0v) is 10.1. The highest BCUT2D eigenvalue weighted by Crippen LogP contribution is 2.18. The van der Waals surface area contributed by atoms with Crippen molar-refractivity contribution >= 4 is 17.3 Å². The zero-order chi connectivity index (χ0) is 11.3. The van der Waals surface area contributed by atoms with Gasteiger partial charge in [-0.25, -0.2) is 0 Å². The van der Waals surface area contributed by atoms with Crippen LogP contribution < -0.4 is 5.73 Å². The van der Waals surface area contributed by atoms with Crippen molar-refractivity contribution in [1.82, 2.24) is 0 Å². The SMILES string of the molecule is CC(C)CCOCc1ccc(Cl)cc1N. The van der Waals surface area contributed by atoms with Crippen LogP contribution in [-0.4, -0.2) is 6.61 Å². The molecular weight excluding hydrogens is 210 g/mol. The largest absolute Gasteiger partial charge is 0.398 e. The average molecular weight is 228 g/mol. The smallest absolute Gasteiger partial charge is 0.0736 e. The van der Waals surface area contributed by atoms with Crippen LogP contribution in [0.25, 0.3) is 0 Å². The van der Waals surface area contributed by atoms with Gasteiger partial charge >= 0.3 is 0 Å². The number of nitrogens with two attached hydrogens (primary N) is 1. The first-order valence-electron chi connectivity index (χ1n) is 5.21. The first-order valence-corrected chi connectivity index (χ1v) is 5.59. The summed E-state index contributed by atoms with van der Waals surface area (Å²) in [5, 5.41) is 0.665. The minimum Gasteiger partial charge on any atom is -0.398 e. The fraction of sp³-hybridized carbons (Fsp3) is 0.500. The lowest BCUT2D eigenvalue weighted by molar-refractivity contribution is 0.111. The van der Waals surface area contributed by atoms with Gasteiger partial charge in [0.15, 0.2) is 0 Å². The molecule has 0 heterocycles. The predicted octanol–water partition coefficient (Wildman–Crippen LogP) is 3.48. The number of hydrogen-bond acceptors (Lipinski definition) is 2. The highest BCUT2D eigenvalue weighted by molar-refractivity contribution is 6.30. The summed E-state index contributed by atoms with van der Waals surface area (Å²) < 4.78 is 5.53. The second kappa shape index (κ2) is 5.99. The molecule has 0 aromatic heterocycles. The molecule has 0 aliphatic heterocycles. The van der Waals surface area contributed by atoms with E-state index in [1.807, 2.05) is 12.1 Å². The minimum atomic E-state index is 0.565. The third kappa shape index (κ3) is 4.54. The molecule has 1 aromatic rings. The van der Waals surface area contributed by atoms with Gasteiger partial charge in [0.25, 0.3) is 0 Å². The van der Waals surface area contributed by atoms with Gasteiger partial charge in [-0.3, -0.25) is 0 Å². The molecule has 15 heavy (non-hydrogen) atoms. The Morgan fingerprint density at radius 1 is 1.40 bits per heavy atom. The molecule has 2 nitrogen and oxygen atoms in total. The molecule has 0 amide bonds. The lowest BCUT2D eigenvalue weighted by atomic mass is 10.1. The molecular formula is C12H18ClNO. The summed E-state index contributed by atoms with van der Waals surface area (Å²) in [6.45, 7) is 5.70. The van der Waals surface area contributed by atoms with Crippen LogP contribution in [0.3, 0.4) is 0 Å². The first-order chi connectivity index (χ1) is 7.09. The third-order valence-corrected chi connectivity index (χ3v) is 2.44. The first kappa shape index (κ1) is 12.3. The van der Waals surface area contributed by atoms with E-state index in [2.05, 4.69) is 13.8 Å². The summed E-state index contributed by atoms with van der Waals surface area (Å²) in [5.41, 5.74) is 7.50. The van der Waals surface area contributed by atoms with Crippen molar-refractivity contribution in [1.29, 1.82) is 0 Å². The molecule has 84 valence electrons. The number of benzene rings is 1. The molecule has 0 bridgehead atoms. The van der Waals surface area contributed by atoms with Crippen molar-refractivity contribution in [2.75, 3.05) is 12.3 Å². The van der Waals surface area contributed by atoms with E-state index in [4.69, 9.17) is 22.1 Å². The number of halogens is 1. The van der Waals surface area contributed by atoms with E-state index in [1.165, 1.54) is 0 Å². The second-order valence-electron chi connectivity index (χ2n) is 4.08. The summed E-state index contributed by atoms with van der Waals surface area (Å²) in [6, 6.07) is 5.49. The number of hydrogen-bond donors (Lipinski definition) is 1. The maximum Gasteiger partial charge on any atom is 0.0736 e. The lowest BCUT2D eigenvalue weighted by Gasteiger charge is -2.08. The van der Waals surface area contributed by atoms with Crippen LogP contribution in [0.15, 0.2) is 18.2 Å². The monoisotopic (exact) mass is 227 g/mol. The summed E-state index contributed by atoms with van der Waals surface area (Å²) in [7, 11) is 0. The van der Waals surface area contributed by atoms with Crippen LogP contribution in [0.2, 0.25) is 5.02 Å². The number of ether oxygens (including phenoxy) is 1. The van der Waals surface area contributed by atoms with Gasteiger partial charge in [0.1, 0.15) is 0 Å². The van der Waals surface area contributed by atoms with E-state index >= 15 is 0 Å². The van der Waals surface area contributed by atoms with Crippen molar-refractivity contribution in [2.45, 2.75) is 26.9 Å². The van der Waals surface area contributed by atoms with Gasteiger partial charge in [0, 0.05) is 22.9 Å². The van der Waals surface area contributed by atoms with Crippen molar-refractivity contribution < 1.29 is 4.74 Å². The van der Waals surface area contributed by atoms with Crippen molar-refractivity contribution in [2.24, 2.45) is 5.92 Å². The molecule has 0 unspecified atom stereocenters. The maximum absolute atomic E-state index is 5.80. The van der Waals surface area contributed by atoms with E-state index in [9.17, 15) is 0 Å². The molecule has 1 rings (SSSR count). The molecule has 1 aromatic carbocycles. The van der Waals surface area contributed by atoms with Crippen LogP contribution in [0, 0.1) is 5.92 Å². The highest BCUT2D eigenvalue weighted by Gasteiger charge is 2.00. The molecule has 0 saturated heterocycles. The van der Waals surface area contributed by atoms with Gasteiger partial charge < -0.3 is 10.5 Å². The molecule has 3 heteroatoms. The van der Waals surface area contributed by atoms with Gasteiger partial charge in [-0.2, -0.15) is 0 Å². The maximum atomic E-state index is 5.80. The molecule has 0 spiro atoms. The van der Waals surface area contributed by atoms with Crippen molar-refractivity contribution in [3.63, 3.8) is 0 Å². The normalized spacial score (nSPS) is 10.9. The standard InChI is InChI=1S/C12H18ClNO/c1-9(2)5-6-15-8-10-3-4-11(13)7-12(10)14/h3-4,7,9H,5-6,8,14H2,1-2H3. The second-order valence-corrected chi connectivity index (χ2v) is 4.51. The van der Waals surface area contributed by atoms with Gasteiger partial charge in [-0.15, -0.1) is 0 Å². The average Bonchev–Trinajstić information content (AvgIpc) is 2.14. The Bertz CT molecular complexity index is 312. The van der Waals surface area contributed by atoms with Crippen molar-refractivity contribution in [3.05, 3.63) is 28.8 Å². The van der Waals surface area contributed by atoms with Crippen LogP contribution in [0.5, 0.6) is 0 Å². The fourth-order valence-corrected chi connectivity index (χ4v) is 1.38. The van der Waals surface area contributed by atoms with E-state index in [-0.39, 0.29) is 0 Å². The Kier molecular flexibility index (Phi) is 4.92. The Labute approximate surface area is 96.4 Å². The van der Waals surface area contributed by atoms with Crippen LogP contribution in [-0.2, 0) is 11.3 Å². The Balaban J connectivity index is 2.37. The van der Waals surface area contributed by atoms with Crippen LogP contribution in [0.1, 0.15) is 25.8 Å². The molecule has 0 radical (unpaired) electrons. The minimum absolute atomic E-state index is 0.565. The predicted molar refractivity (Wildman–Crippen MR) is 65.0 cm³/mol. The molecule has 0 saturated carbocycles. The Hall–Kier alpha value is -0.730. The van der Waals surface area contributed by atoms with Gasteiger partial charge in [-0.1, -0.05) is 31.5 Å². The van der Waals surface area contributed by atoms with Gasteiger partial charge in [0.2, 0.25) is 0 Å². The van der Waals surface area contributed by atoms with E-state index in [0.29, 0.717) is 23.2 Å². The van der Waals surface area contributed by atoms with Crippen LogP contribution in [0.4, 0.5) is 5.69 Å². The number of anilines is 1. The van der Waals surface area contributed by atoms with E-state index in [0.717, 1.165) is 18.6 Å². The number of rotatable bonds is 5. The molecule has 0 aliphatic carbocycles. The Morgan fingerprint density at radius 3 is 2.73 bits per heavy atom. The molecule has 0 atom stereocenters. The van der Waals surface area contributed by atoms with Crippen molar-refractivity contribution in [3.8, 4) is 0 Å².